The van der Waals surface area contributed by atoms with Crippen LogP contribution in [0.2, 0.25) is 5.02 Å². The van der Waals surface area contributed by atoms with Gasteiger partial charge in [0.2, 0.25) is 10.0 Å². The smallest absolute Gasteiger partial charge is 0.255 e. The molecular weight excluding hydrogens is 416 g/mol. The molecule has 1 N–H and O–H groups in total. The van der Waals surface area contributed by atoms with Crippen molar-refractivity contribution in [3.8, 4) is 11.5 Å². The predicted molar refractivity (Wildman–Crippen MR) is 109 cm³/mol. The molecule has 1 saturated heterocycles. The van der Waals surface area contributed by atoms with Crippen molar-refractivity contribution in [1.29, 1.82) is 0 Å². The largest absolute Gasteiger partial charge is 0.490 e. The molecule has 9 heteroatoms. The fourth-order valence-electron chi connectivity index (χ4n) is 3.35. The highest BCUT2D eigenvalue weighted by Gasteiger charge is 2.29. The number of carbonyl (C=O) groups is 1. The Morgan fingerprint density at radius 3 is 2.45 bits per heavy atom. The molecule has 2 aliphatic rings. The molecule has 2 heterocycles. The Morgan fingerprint density at radius 2 is 1.69 bits per heavy atom. The van der Waals surface area contributed by atoms with Crippen LogP contribution in [-0.2, 0) is 10.0 Å². The van der Waals surface area contributed by atoms with Crippen LogP contribution < -0.4 is 14.8 Å². The highest BCUT2D eigenvalue weighted by molar-refractivity contribution is 7.89. The number of amides is 1. The van der Waals surface area contributed by atoms with Crippen LogP contribution in [0.1, 0.15) is 29.6 Å². The molecule has 0 aliphatic carbocycles. The maximum Gasteiger partial charge on any atom is 0.255 e. The topological polar surface area (TPSA) is 84.9 Å². The Hall–Kier alpha value is -2.29. The summed E-state index contributed by atoms with van der Waals surface area (Å²) in [6, 6.07) is 9.41. The van der Waals surface area contributed by atoms with E-state index in [0.717, 1.165) is 19.3 Å². The zero-order valence-electron chi connectivity index (χ0n) is 15.7. The normalized spacial score (nSPS) is 17.0. The molecule has 7 nitrogen and oxygen atoms in total. The Morgan fingerprint density at radius 1 is 0.966 bits per heavy atom. The van der Waals surface area contributed by atoms with E-state index in [0.29, 0.717) is 43.5 Å². The molecule has 2 aromatic rings. The molecular formula is C20H21ClN2O5S. The first kappa shape index (κ1) is 20.0. The molecule has 0 atom stereocenters. The number of halogens is 1. The summed E-state index contributed by atoms with van der Waals surface area (Å²) in [7, 11) is -3.73. The predicted octanol–water partition coefficient (Wildman–Crippen LogP) is 3.54. The van der Waals surface area contributed by atoms with Crippen LogP contribution in [-0.4, -0.2) is 44.9 Å². The molecule has 29 heavy (non-hydrogen) atoms. The zero-order chi connectivity index (χ0) is 20.4. The van der Waals surface area contributed by atoms with Gasteiger partial charge < -0.3 is 14.8 Å². The molecule has 154 valence electrons. The molecule has 2 aromatic carbocycles. The van der Waals surface area contributed by atoms with E-state index < -0.39 is 15.9 Å². The van der Waals surface area contributed by atoms with Crippen molar-refractivity contribution in [2.24, 2.45) is 0 Å². The Labute approximate surface area is 174 Å². The van der Waals surface area contributed by atoms with Crippen LogP contribution in [0.5, 0.6) is 11.5 Å². The van der Waals surface area contributed by atoms with Gasteiger partial charge in [-0.3, -0.25) is 4.79 Å². The van der Waals surface area contributed by atoms with Crippen molar-refractivity contribution in [2.75, 3.05) is 31.6 Å². The van der Waals surface area contributed by atoms with Gasteiger partial charge in [0, 0.05) is 36.8 Å². The van der Waals surface area contributed by atoms with E-state index in [1.807, 2.05) is 0 Å². The van der Waals surface area contributed by atoms with E-state index in [1.165, 1.54) is 22.5 Å². The second-order valence-electron chi connectivity index (χ2n) is 6.92. The van der Waals surface area contributed by atoms with Gasteiger partial charge in [-0.05, 0) is 43.2 Å². The van der Waals surface area contributed by atoms with Crippen LogP contribution >= 0.6 is 11.6 Å². The van der Waals surface area contributed by atoms with Gasteiger partial charge in [0.25, 0.3) is 5.91 Å². The van der Waals surface area contributed by atoms with E-state index in [2.05, 4.69) is 5.32 Å². The molecule has 0 unspecified atom stereocenters. The minimum absolute atomic E-state index is 0.0487. The number of carbonyl (C=O) groups excluding carboxylic acids is 1. The Balaban J connectivity index is 1.57. The third-order valence-electron chi connectivity index (χ3n) is 4.88. The monoisotopic (exact) mass is 436 g/mol. The fraction of sp³-hybridized carbons (Fsp3) is 0.350. The van der Waals surface area contributed by atoms with E-state index >= 15 is 0 Å². The first-order valence-corrected chi connectivity index (χ1v) is 11.3. The molecule has 2 aliphatic heterocycles. The first-order valence-electron chi connectivity index (χ1n) is 9.46. The second-order valence-corrected chi connectivity index (χ2v) is 9.24. The number of benzene rings is 2. The Kier molecular flexibility index (Phi) is 5.67. The number of hydrogen-bond donors (Lipinski definition) is 1. The summed E-state index contributed by atoms with van der Waals surface area (Å²) in [5.74, 6) is 0.758. The maximum absolute atomic E-state index is 12.9. The number of nitrogens with zero attached hydrogens (tertiary/aromatic N) is 1. The standard InChI is InChI=1S/C20H21ClN2O5S/c21-16-6-4-14(12-19(16)29(25,26)23-8-1-2-9-23)20(24)22-15-5-7-17-18(13-15)28-11-3-10-27-17/h4-7,12-13H,1-3,8-11H2,(H,22,24). The van der Waals surface area contributed by atoms with Crippen LogP contribution in [0.3, 0.4) is 0 Å². The molecule has 0 bridgehead atoms. The number of fused-ring (bicyclic) bond motifs is 1. The number of nitrogens with one attached hydrogen (secondary N) is 1. The van der Waals surface area contributed by atoms with Gasteiger partial charge in [0.05, 0.1) is 18.2 Å². The molecule has 0 saturated carbocycles. The van der Waals surface area contributed by atoms with Gasteiger partial charge in [0.15, 0.2) is 11.5 Å². The third kappa shape index (κ3) is 4.19. The lowest BCUT2D eigenvalue weighted by Gasteiger charge is -2.17. The van der Waals surface area contributed by atoms with Gasteiger partial charge in [-0.2, -0.15) is 4.31 Å². The van der Waals surface area contributed by atoms with Crippen LogP contribution in [0.15, 0.2) is 41.3 Å². The average Bonchev–Trinajstić information content (AvgIpc) is 3.15. The summed E-state index contributed by atoms with van der Waals surface area (Å²) in [4.78, 5) is 12.7. The van der Waals surface area contributed by atoms with E-state index in [-0.39, 0.29) is 15.5 Å². The summed E-state index contributed by atoms with van der Waals surface area (Å²) in [6.07, 6.45) is 2.43. The minimum Gasteiger partial charge on any atom is -0.490 e. The third-order valence-corrected chi connectivity index (χ3v) is 7.26. The van der Waals surface area contributed by atoms with Gasteiger partial charge in [-0.1, -0.05) is 11.6 Å². The van der Waals surface area contributed by atoms with Crippen molar-refractivity contribution in [1.82, 2.24) is 4.31 Å². The molecule has 4 rings (SSSR count). The number of hydrogen-bond acceptors (Lipinski definition) is 5. The summed E-state index contributed by atoms with van der Waals surface area (Å²) in [6.45, 7) is 2.05. The van der Waals surface area contributed by atoms with Crippen molar-refractivity contribution in [3.05, 3.63) is 47.0 Å². The number of rotatable bonds is 4. The lowest BCUT2D eigenvalue weighted by Crippen LogP contribution is -2.28. The van der Waals surface area contributed by atoms with Crippen LogP contribution in [0, 0.1) is 0 Å². The quantitative estimate of drug-likeness (QED) is 0.792. The highest BCUT2D eigenvalue weighted by atomic mass is 35.5. The maximum atomic E-state index is 12.9. The van der Waals surface area contributed by atoms with Crippen molar-refractivity contribution in [3.63, 3.8) is 0 Å². The SMILES string of the molecule is O=C(Nc1ccc2c(c1)OCCCO2)c1ccc(Cl)c(S(=O)(=O)N2CCCC2)c1. The molecule has 1 amide bonds. The van der Waals surface area contributed by atoms with Gasteiger partial charge in [0.1, 0.15) is 4.90 Å². The number of ether oxygens (including phenoxy) is 2. The summed E-state index contributed by atoms with van der Waals surface area (Å²) in [5, 5.41) is 2.87. The minimum atomic E-state index is -3.73. The first-order chi connectivity index (χ1) is 13.9. The van der Waals surface area contributed by atoms with Crippen molar-refractivity contribution < 1.29 is 22.7 Å². The van der Waals surface area contributed by atoms with Gasteiger partial charge in [-0.25, -0.2) is 8.42 Å². The van der Waals surface area contributed by atoms with E-state index in [9.17, 15) is 13.2 Å². The molecule has 1 fully saturated rings. The molecule has 0 spiro atoms. The van der Waals surface area contributed by atoms with E-state index in [4.69, 9.17) is 21.1 Å². The van der Waals surface area contributed by atoms with Gasteiger partial charge >= 0.3 is 0 Å². The lowest BCUT2D eigenvalue weighted by atomic mass is 10.2. The second kappa shape index (κ2) is 8.22. The van der Waals surface area contributed by atoms with Gasteiger partial charge in [-0.15, -0.1) is 0 Å². The van der Waals surface area contributed by atoms with Crippen molar-refractivity contribution in [2.45, 2.75) is 24.2 Å². The Bertz CT molecular complexity index is 1040. The highest BCUT2D eigenvalue weighted by Crippen LogP contribution is 2.33. The van der Waals surface area contributed by atoms with Crippen LogP contribution in [0.25, 0.3) is 0 Å². The average molecular weight is 437 g/mol. The molecule has 0 aromatic heterocycles. The molecule has 0 radical (unpaired) electrons. The zero-order valence-corrected chi connectivity index (χ0v) is 17.3. The summed E-state index contributed by atoms with van der Waals surface area (Å²) in [5.41, 5.74) is 0.734. The lowest BCUT2D eigenvalue weighted by molar-refractivity contribution is 0.102. The number of anilines is 1. The van der Waals surface area contributed by atoms with Crippen molar-refractivity contribution >= 4 is 33.2 Å². The van der Waals surface area contributed by atoms with E-state index in [1.54, 1.807) is 18.2 Å². The fourth-order valence-corrected chi connectivity index (χ4v) is 5.37. The van der Waals surface area contributed by atoms with Crippen LogP contribution in [0.4, 0.5) is 5.69 Å². The summed E-state index contributed by atoms with van der Waals surface area (Å²) < 4.78 is 38.3. The number of sulfonamides is 1. The summed E-state index contributed by atoms with van der Waals surface area (Å²) >= 11 is 6.15.